The van der Waals surface area contributed by atoms with E-state index in [-0.39, 0.29) is 27.3 Å². The van der Waals surface area contributed by atoms with Crippen LogP contribution in [0.5, 0.6) is 5.75 Å². The second-order valence-corrected chi connectivity index (χ2v) is 10.5. The van der Waals surface area contributed by atoms with Gasteiger partial charge in [0.05, 0.1) is 45.4 Å². The van der Waals surface area contributed by atoms with Crippen molar-refractivity contribution in [2.45, 2.75) is 34.8 Å². The van der Waals surface area contributed by atoms with E-state index in [1.54, 1.807) is 24.3 Å². The van der Waals surface area contributed by atoms with Gasteiger partial charge in [-0.25, -0.2) is 4.98 Å². The van der Waals surface area contributed by atoms with E-state index in [0.717, 1.165) is 30.0 Å². The Morgan fingerprint density at radius 1 is 1.29 bits per heavy atom. The van der Waals surface area contributed by atoms with Gasteiger partial charge in [0.25, 0.3) is 5.56 Å². The number of aromatic nitrogens is 2. The molecule has 0 fully saturated rings. The Bertz CT molecular complexity index is 1330. The van der Waals surface area contributed by atoms with Gasteiger partial charge in [0.2, 0.25) is 5.91 Å². The number of anilines is 1. The van der Waals surface area contributed by atoms with Crippen molar-refractivity contribution >= 4 is 46.7 Å². The number of benzene rings is 2. The minimum Gasteiger partial charge on any atom is -0.497 e. The number of fused-ring (bicyclic) bond motifs is 1. The molecule has 0 bridgehead atoms. The third kappa shape index (κ3) is 5.62. The van der Waals surface area contributed by atoms with Gasteiger partial charge < -0.3 is 10.1 Å². The van der Waals surface area contributed by atoms with Gasteiger partial charge in [-0.1, -0.05) is 30.3 Å². The molecular weight excluding hydrogens is 523 g/mol. The maximum atomic E-state index is 13.3. The number of thioether (sulfide) groups is 2. The average Bonchev–Trinajstić information content (AvgIpc) is 3.19. The van der Waals surface area contributed by atoms with Crippen LogP contribution >= 0.6 is 35.1 Å². The fraction of sp³-hybridized carbons (Fsp3) is 0.261. The highest BCUT2D eigenvalue weighted by Gasteiger charge is 2.31. The van der Waals surface area contributed by atoms with Crippen molar-refractivity contribution in [3.05, 3.63) is 69.1 Å². The van der Waals surface area contributed by atoms with Crippen LogP contribution in [0.4, 0.5) is 18.9 Å². The molecule has 1 aromatic heterocycles. The van der Waals surface area contributed by atoms with Crippen molar-refractivity contribution in [3.63, 3.8) is 0 Å². The van der Waals surface area contributed by atoms with Crippen molar-refractivity contribution in [2.24, 2.45) is 0 Å². The van der Waals surface area contributed by atoms with Gasteiger partial charge in [0, 0.05) is 11.7 Å². The first-order valence-electron chi connectivity index (χ1n) is 10.3. The van der Waals surface area contributed by atoms with Crippen molar-refractivity contribution in [1.29, 1.82) is 0 Å². The number of nitrogens with one attached hydrogen (secondary N) is 1. The molecule has 0 saturated heterocycles. The third-order valence-electron chi connectivity index (χ3n) is 5.11. The monoisotopic (exact) mass is 541 g/mol. The number of amides is 1. The minimum atomic E-state index is -4.57. The van der Waals surface area contributed by atoms with Gasteiger partial charge in [0.15, 0.2) is 5.16 Å². The van der Waals surface area contributed by atoms with Crippen LogP contribution in [0.3, 0.4) is 0 Å². The average molecular weight is 542 g/mol. The summed E-state index contributed by atoms with van der Waals surface area (Å²) in [5.41, 5.74) is -0.0913. The molecule has 6 nitrogen and oxygen atoms in total. The van der Waals surface area contributed by atoms with Gasteiger partial charge in [0.1, 0.15) is 5.75 Å². The van der Waals surface area contributed by atoms with Gasteiger partial charge >= 0.3 is 6.18 Å². The Morgan fingerprint density at radius 2 is 2.00 bits per heavy atom. The fourth-order valence-corrected chi connectivity index (χ4v) is 5.56. The summed E-state index contributed by atoms with van der Waals surface area (Å²) in [6, 6.07) is 9.55. The summed E-state index contributed by atoms with van der Waals surface area (Å²) in [6.07, 6.45) is -3.95. The van der Waals surface area contributed by atoms with Crippen LogP contribution in [0.25, 0.3) is 5.69 Å². The van der Waals surface area contributed by atoms with Gasteiger partial charge in [-0.3, -0.25) is 14.2 Å². The van der Waals surface area contributed by atoms with Crippen LogP contribution in [-0.4, -0.2) is 33.6 Å². The molecule has 2 heterocycles. The number of rotatable bonds is 6. The second-order valence-electron chi connectivity index (χ2n) is 7.67. The molecule has 3 aromatic rings. The van der Waals surface area contributed by atoms with Crippen LogP contribution < -0.4 is 15.6 Å². The predicted octanol–water partition coefficient (Wildman–Crippen LogP) is 5.68. The van der Waals surface area contributed by atoms with Gasteiger partial charge in [-0.05, 0) is 42.5 Å². The van der Waals surface area contributed by atoms with Crippen LogP contribution in [0, 0.1) is 0 Å². The SMILES string of the molecule is COc1ccc(-n2c(SCC(=O)Nc3cc(C(F)(F)F)ccc3Cl)nc3c(c2=O)SC(C)C3)cc1. The number of alkyl halides is 3. The highest BCUT2D eigenvalue weighted by Crippen LogP contribution is 2.36. The number of methoxy groups -OCH3 is 1. The lowest BCUT2D eigenvalue weighted by Gasteiger charge is -2.14. The molecule has 0 aliphatic carbocycles. The van der Waals surface area contributed by atoms with E-state index in [2.05, 4.69) is 10.3 Å². The van der Waals surface area contributed by atoms with E-state index in [1.807, 2.05) is 6.92 Å². The van der Waals surface area contributed by atoms with Crippen molar-refractivity contribution < 1.29 is 22.7 Å². The molecule has 0 saturated carbocycles. The quantitative estimate of drug-likeness (QED) is 0.320. The smallest absolute Gasteiger partial charge is 0.416 e. The molecule has 1 N–H and O–H groups in total. The number of halogens is 4. The summed E-state index contributed by atoms with van der Waals surface area (Å²) in [5.74, 6) is -0.170. The number of hydrogen-bond acceptors (Lipinski definition) is 6. The van der Waals surface area contributed by atoms with Crippen molar-refractivity contribution in [3.8, 4) is 11.4 Å². The Morgan fingerprint density at radius 3 is 2.66 bits per heavy atom. The minimum absolute atomic E-state index is 0.0202. The molecule has 0 radical (unpaired) electrons. The highest BCUT2D eigenvalue weighted by molar-refractivity contribution is 8.00. The Hall–Kier alpha value is -2.63. The summed E-state index contributed by atoms with van der Waals surface area (Å²) in [5, 5.41) is 2.89. The molecule has 1 amide bonds. The summed E-state index contributed by atoms with van der Waals surface area (Å²) in [6.45, 7) is 2.00. The molecule has 184 valence electrons. The first kappa shape index (κ1) is 25.5. The van der Waals surface area contributed by atoms with E-state index in [4.69, 9.17) is 16.3 Å². The summed E-state index contributed by atoms with van der Waals surface area (Å²) in [4.78, 5) is 31.1. The Labute approximate surface area is 212 Å². The largest absolute Gasteiger partial charge is 0.497 e. The van der Waals surface area contributed by atoms with Gasteiger partial charge in [-0.15, -0.1) is 11.8 Å². The predicted molar refractivity (Wildman–Crippen MR) is 131 cm³/mol. The standard InChI is InChI=1S/C23H19ClF3N3O3S2/c1-12-9-18-20(35-12)21(32)30(14-4-6-15(33-2)7-5-14)22(29-18)34-11-19(31)28-17-10-13(23(25,26)27)3-8-16(17)24/h3-8,10,12H,9,11H2,1-2H3,(H,28,31). The lowest BCUT2D eigenvalue weighted by Crippen LogP contribution is -2.24. The zero-order chi connectivity index (χ0) is 25.3. The summed E-state index contributed by atoms with van der Waals surface area (Å²) < 4.78 is 45.7. The number of carbonyl (C=O) groups is 1. The van der Waals surface area contributed by atoms with E-state index in [1.165, 1.54) is 23.4 Å². The zero-order valence-corrected chi connectivity index (χ0v) is 20.9. The molecule has 35 heavy (non-hydrogen) atoms. The summed E-state index contributed by atoms with van der Waals surface area (Å²) >= 11 is 8.45. The van der Waals surface area contributed by atoms with E-state index in [9.17, 15) is 22.8 Å². The molecule has 1 aliphatic rings. The second kappa shape index (κ2) is 10.2. The van der Waals surface area contributed by atoms with Gasteiger partial charge in [-0.2, -0.15) is 13.2 Å². The molecular formula is C23H19ClF3N3O3S2. The topological polar surface area (TPSA) is 73.2 Å². The normalized spacial score (nSPS) is 15.1. The molecule has 0 spiro atoms. The maximum Gasteiger partial charge on any atom is 0.416 e. The first-order valence-corrected chi connectivity index (χ1v) is 12.6. The molecule has 12 heteroatoms. The zero-order valence-electron chi connectivity index (χ0n) is 18.5. The molecule has 1 unspecified atom stereocenters. The van der Waals surface area contributed by atoms with Crippen molar-refractivity contribution in [1.82, 2.24) is 9.55 Å². The lowest BCUT2D eigenvalue weighted by atomic mass is 10.2. The fourth-order valence-electron chi connectivity index (χ4n) is 3.47. The number of hydrogen-bond donors (Lipinski definition) is 1. The summed E-state index contributed by atoms with van der Waals surface area (Å²) in [7, 11) is 1.53. The van der Waals surface area contributed by atoms with Crippen LogP contribution in [0.2, 0.25) is 5.02 Å². The highest BCUT2D eigenvalue weighted by atomic mass is 35.5. The van der Waals surface area contributed by atoms with Crippen molar-refractivity contribution in [2.75, 3.05) is 18.2 Å². The molecule has 2 aromatic carbocycles. The Balaban J connectivity index is 1.61. The van der Waals surface area contributed by atoms with E-state index in [0.29, 0.717) is 33.6 Å². The van der Waals surface area contributed by atoms with Crippen LogP contribution in [0.15, 0.2) is 57.3 Å². The maximum absolute atomic E-state index is 13.3. The molecule has 1 atom stereocenters. The van der Waals surface area contributed by atoms with E-state index < -0.39 is 17.6 Å². The Kier molecular flexibility index (Phi) is 7.39. The number of carbonyl (C=O) groups excluding carboxylic acids is 1. The van der Waals surface area contributed by atoms with Crippen LogP contribution in [0.1, 0.15) is 18.2 Å². The lowest BCUT2D eigenvalue weighted by molar-refractivity contribution is -0.137. The van der Waals surface area contributed by atoms with E-state index >= 15 is 0 Å². The molecule has 4 rings (SSSR count). The third-order valence-corrected chi connectivity index (χ3v) is 7.60. The number of ether oxygens (including phenoxy) is 1. The number of nitrogens with zero attached hydrogens (tertiary/aromatic N) is 2. The first-order chi connectivity index (χ1) is 16.6. The van der Waals surface area contributed by atoms with Crippen LogP contribution in [-0.2, 0) is 17.4 Å². The molecule has 1 aliphatic heterocycles.